The maximum Gasteiger partial charge on any atom is 0.303 e. The van der Waals surface area contributed by atoms with Crippen molar-refractivity contribution in [2.24, 2.45) is 11.8 Å². The predicted molar refractivity (Wildman–Crippen MR) is 59.2 cm³/mol. The normalized spacial score (nSPS) is 14.8. The number of unbranched alkanes of at least 4 members (excludes halogenated alkanes) is 1. The van der Waals surface area contributed by atoms with E-state index >= 15 is 0 Å². The number of hydrogen-bond acceptors (Lipinski definition) is 1. The van der Waals surface area contributed by atoms with Crippen LogP contribution in [0.3, 0.4) is 0 Å². The molecule has 2 unspecified atom stereocenters. The summed E-state index contributed by atoms with van der Waals surface area (Å²) in [7, 11) is 0. The van der Waals surface area contributed by atoms with Crippen molar-refractivity contribution in [2.45, 2.75) is 46.5 Å². The van der Waals surface area contributed by atoms with E-state index < -0.39 is 5.97 Å². The number of allylic oxidation sites excluding steroid dienone is 1. The molecule has 0 aromatic heterocycles. The Balaban J connectivity index is 3.96. The first-order chi connectivity index (χ1) is 6.49. The number of carboxylic acids is 1. The highest BCUT2D eigenvalue weighted by atomic mass is 16.4. The Morgan fingerprint density at radius 1 is 1.43 bits per heavy atom. The van der Waals surface area contributed by atoms with Crippen LogP contribution >= 0.6 is 0 Å². The van der Waals surface area contributed by atoms with Crippen LogP contribution in [0, 0.1) is 11.8 Å². The second kappa shape index (κ2) is 6.63. The van der Waals surface area contributed by atoms with Gasteiger partial charge in [-0.3, -0.25) is 4.79 Å². The van der Waals surface area contributed by atoms with E-state index in [1.54, 1.807) is 0 Å². The molecule has 14 heavy (non-hydrogen) atoms. The van der Waals surface area contributed by atoms with Crippen molar-refractivity contribution in [2.75, 3.05) is 0 Å². The lowest BCUT2D eigenvalue weighted by Crippen LogP contribution is -2.14. The second-order valence-electron chi connectivity index (χ2n) is 4.13. The molecule has 0 aromatic rings. The SMILES string of the molecule is C=C(CCCC)C(C)C(C)CC(=O)O. The molecular formula is C12H22O2. The Morgan fingerprint density at radius 2 is 2.00 bits per heavy atom. The molecule has 0 heterocycles. The number of rotatable bonds is 7. The van der Waals surface area contributed by atoms with Gasteiger partial charge in [0.05, 0.1) is 0 Å². The molecule has 0 radical (unpaired) electrons. The smallest absolute Gasteiger partial charge is 0.303 e. The van der Waals surface area contributed by atoms with Crippen LogP contribution < -0.4 is 0 Å². The van der Waals surface area contributed by atoms with E-state index in [2.05, 4.69) is 20.4 Å². The zero-order valence-corrected chi connectivity index (χ0v) is 9.55. The van der Waals surface area contributed by atoms with Crippen LogP contribution in [-0.4, -0.2) is 11.1 Å². The minimum absolute atomic E-state index is 0.192. The first-order valence-corrected chi connectivity index (χ1v) is 5.38. The fourth-order valence-electron chi connectivity index (χ4n) is 1.49. The summed E-state index contributed by atoms with van der Waals surface area (Å²) in [5, 5.41) is 8.66. The van der Waals surface area contributed by atoms with E-state index in [1.165, 1.54) is 12.0 Å². The number of aliphatic carboxylic acids is 1. The highest BCUT2D eigenvalue weighted by molar-refractivity contribution is 5.67. The molecule has 0 rings (SSSR count). The summed E-state index contributed by atoms with van der Waals surface area (Å²) in [6.07, 6.45) is 3.59. The van der Waals surface area contributed by atoms with Gasteiger partial charge in [-0.2, -0.15) is 0 Å². The summed E-state index contributed by atoms with van der Waals surface area (Å²) >= 11 is 0. The molecule has 0 amide bonds. The molecule has 1 N–H and O–H groups in total. The lowest BCUT2D eigenvalue weighted by molar-refractivity contribution is -0.138. The Hall–Kier alpha value is -0.790. The average molecular weight is 198 g/mol. The lowest BCUT2D eigenvalue weighted by Gasteiger charge is -2.20. The van der Waals surface area contributed by atoms with Gasteiger partial charge in [-0.1, -0.05) is 39.3 Å². The summed E-state index contributed by atoms with van der Waals surface area (Å²) in [5.41, 5.74) is 1.20. The van der Waals surface area contributed by atoms with Crippen LogP contribution in [0.1, 0.15) is 46.5 Å². The molecule has 0 aliphatic rings. The third kappa shape index (κ3) is 5.05. The Kier molecular flexibility index (Phi) is 6.26. The van der Waals surface area contributed by atoms with Crippen molar-refractivity contribution in [3.05, 3.63) is 12.2 Å². The third-order valence-corrected chi connectivity index (χ3v) is 2.85. The van der Waals surface area contributed by atoms with Gasteiger partial charge >= 0.3 is 5.97 Å². The fourth-order valence-corrected chi connectivity index (χ4v) is 1.49. The maximum atomic E-state index is 10.5. The van der Waals surface area contributed by atoms with Gasteiger partial charge in [0, 0.05) is 6.42 Å². The Labute approximate surface area is 87.0 Å². The van der Waals surface area contributed by atoms with Crippen LogP contribution in [0.25, 0.3) is 0 Å². The quantitative estimate of drug-likeness (QED) is 0.636. The van der Waals surface area contributed by atoms with Crippen LogP contribution in [0.5, 0.6) is 0 Å². The van der Waals surface area contributed by atoms with Crippen molar-refractivity contribution in [1.29, 1.82) is 0 Å². The average Bonchev–Trinajstić information content (AvgIpc) is 2.11. The topological polar surface area (TPSA) is 37.3 Å². The molecule has 2 nitrogen and oxygen atoms in total. The Bertz CT molecular complexity index is 196. The predicted octanol–water partition coefficient (Wildman–Crippen LogP) is 3.48. The van der Waals surface area contributed by atoms with Gasteiger partial charge in [-0.15, -0.1) is 0 Å². The highest BCUT2D eigenvalue weighted by Crippen LogP contribution is 2.25. The minimum atomic E-state index is -0.715. The van der Waals surface area contributed by atoms with Crippen molar-refractivity contribution >= 4 is 5.97 Å². The zero-order chi connectivity index (χ0) is 11.1. The van der Waals surface area contributed by atoms with Crippen molar-refractivity contribution in [3.8, 4) is 0 Å². The second-order valence-corrected chi connectivity index (χ2v) is 4.13. The number of carboxylic acid groups (broad SMARTS) is 1. The van der Waals surface area contributed by atoms with Gasteiger partial charge < -0.3 is 5.11 Å². The van der Waals surface area contributed by atoms with Crippen LogP contribution in [0.2, 0.25) is 0 Å². The third-order valence-electron chi connectivity index (χ3n) is 2.85. The van der Waals surface area contributed by atoms with Crippen LogP contribution in [0.4, 0.5) is 0 Å². The number of carbonyl (C=O) groups is 1. The molecule has 0 saturated heterocycles. The standard InChI is InChI=1S/C12H22O2/c1-5-6-7-9(2)11(4)10(3)8-12(13)14/h10-11H,2,5-8H2,1,3-4H3,(H,13,14). The van der Waals surface area contributed by atoms with E-state index in [0.717, 1.165) is 12.8 Å². The van der Waals surface area contributed by atoms with Crippen molar-refractivity contribution in [3.63, 3.8) is 0 Å². The first-order valence-electron chi connectivity index (χ1n) is 5.38. The molecule has 82 valence electrons. The van der Waals surface area contributed by atoms with Gasteiger partial charge in [0.1, 0.15) is 0 Å². The van der Waals surface area contributed by atoms with Gasteiger partial charge in [0.15, 0.2) is 0 Å². The molecule has 0 fully saturated rings. The van der Waals surface area contributed by atoms with Crippen molar-refractivity contribution in [1.82, 2.24) is 0 Å². The molecule has 0 aromatic carbocycles. The molecule has 0 spiro atoms. The fraction of sp³-hybridized carbons (Fsp3) is 0.750. The maximum absolute atomic E-state index is 10.5. The van der Waals surface area contributed by atoms with Gasteiger partial charge in [-0.05, 0) is 24.7 Å². The minimum Gasteiger partial charge on any atom is -0.481 e. The Morgan fingerprint density at radius 3 is 2.43 bits per heavy atom. The molecule has 0 aliphatic carbocycles. The van der Waals surface area contributed by atoms with E-state index in [4.69, 9.17) is 5.11 Å². The van der Waals surface area contributed by atoms with E-state index in [0.29, 0.717) is 5.92 Å². The summed E-state index contributed by atoms with van der Waals surface area (Å²) < 4.78 is 0. The highest BCUT2D eigenvalue weighted by Gasteiger charge is 2.17. The molecule has 0 saturated carbocycles. The molecule has 2 heteroatoms. The van der Waals surface area contributed by atoms with E-state index in [1.807, 2.05) is 6.92 Å². The summed E-state index contributed by atoms with van der Waals surface area (Å²) in [6.45, 7) is 10.2. The molecule has 2 atom stereocenters. The molecule has 0 bridgehead atoms. The summed E-state index contributed by atoms with van der Waals surface area (Å²) in [5.74, 6) is -0.206. The lowest BCUT2D eigenvalue weighted by atomic mass is 9.85. The van der Waals surface area contributed by atoms with E-state index in [9.17, 15) is 4.79 Å². The monoisotopic (exact) mass is 198 g/mol. The first kappa shape index (κ1) is 13.2. The van der Waals surface area contributed by atoms with Crippen molar-refractivity contribution < 1.29 is 9.90 Å². The number of hydrogen-bond donors (Lipinski definition) is 1. The van der Waals surface area contributed by atoms with Gasteiger partial charge in [-0.25, -0.2) is 0 Å². The summed E-state index contributed by atoms with van der Waals surface area (Å²) in [4.78, 5) is 10.5. The largest absolute Gasteiger partial charge is 0.481 e. The zero-order valence-electron chi connectivity index (χ0n) is 9.55. The molecular weight excluding hydrogens is 176 g/mol. The van der Waals surface area contributed by atoms with E-state index in [-0.39, 0.29) is 12.3 Å². The molecule has 0 aliphatic heterocycles. The van der Waals surface area contributed by atoms with Crippen LogP contribution in [-0.2, 0) is 4.79 Å². The van der Waals surface area contributed by atoms with Crippen LogP contribution in [0.15, 0.2) is 12.2 Å². The van der Waals surface area contributed by atoms with Gasteiger partial charge in [0.2, 0.25) is 0 Å². The van der Waals surface area contributed by atoms with Gasteiger partial charge in [0.25, 0.3) is 0 Å². The summed E-state index contributed by atoms with van der Waals surface area (Å²) in [6, 6.07) is 0.